The zero-order chi connectivity index (χ0) is 19.6. The number of nitrogens with zero attached hydrogens (tertiary/aromatic N) is 2. The second-order valence-electron chi connectivity index (χ2n) is 8.16. The summed E-state index contributed by atoms with van der Waals surface area (Å²) >= 11 is 0. The second kappa shape index (κ2) is 8.32. The maximum Gasteiger partial charge on any atom is 0.254 e. The molecule has 2 amide bonds. The molecule has 0 N–H and O–H groups in total. The van der Waals surface area contributed by atoms with E-state index in [0.717, 1.165) is 48.2 Å². The largest absolute Gasteiger partial charge is 0.496 e. The monoisotopic (exact) mass is 372 g/mol. The highest BCUT2D eigenvalue weighted by Crippen LogP contribution is 2.31. The van der Waals surface area contributed by atoms with E-state index in [9.17, 15) is 9.59 Å². The molecule has 1 heterocycles. The van der Waals surface area contributed by atoms with Crippen LogP contribution in [0.2, 0.25) is 0 Å². The Hall–Kier alpha value is -2.04. The average molecular weight is 373 g/mol. The lowest BCUT2D eigenvalue weighted by Crippen LogP contribution is -2.41. The van der Waals surface area contributed by atoms with Gasteiger partial charge in [-0.05, 0) is 55.4 Å². The molecular weight excluding hydrogens is 340 g/mol. The van der Waals surface area contributed by atoms with E-state index in [4.69, 9.17) is 4.74 Å². The lowest BCUT2D eigenvalue weighted by atomic mass is 9.84. The van der Waals surface area contributed by atoms with Gasteiger partial charge in [0.25, 0.3) is 5.91 Å². The number of hydrogen-bond acceptors (Lipinski definition) is 3. The Bertz CT molecular complexity index is 710. The van der Waals surface area contributed by atoms with Gasteiger partial charge in [0.15, 0.2) is 0 Å². The Morgan fingerprint density at radius 3 is 2.30 bits per heavy atom. The number of amides is 2. The Labute approximate surface area is 162 Å². The molecule has 5 nitrogen and oxygen atoms in total. The minimum absolute atomic E-state index is 0.0648. The molecule has 1 aromatic rings. The van der Waals surface area contributed by atoms with Crippen molar-refractivity contribution in [2.45, 2.75) is 52.4 Å². The molecule has 0 atom stereocenters. The molecule has 0 aromatic heterocycles. The molecule has 2 fully saturated rings. The number of rotatable bonds is 4. The Morgan fingerprint density at radius 2 is 1.70 bits per heavy atom. The van der Waals surface area contributed by atoms with Gasteiger partial charge in [0, 0.05) is 37.7 Å². The van der Waals surface area contributed by atoms with Gasteiger partial charge in [-0.15, -0.1) is 0 Å². The van der Waals surface area contributed by atoms with Crippen molar-refractivity contribution < 1.29 is 14.3 Å². The highest BCUT2D eigenvalue weighted by molar-refractivity contribution is 5.96. The van der Waals surface area contributed by atoms with E-state index in [0.29, 0.717) is 25.5 Å². The third-order valence-electron chi connectivity index (χ3n) is 5.98. The molecule has 3 rings (SSSR count). The summed E-state index contributed by atoms with van der Waals surface area (Å²) in [5.41, 5.74) is 2.74. The molecule has 0 radical (unpaired) electrons. The van der Waals surface area contributed by atoms with Crippen LogP contribution in [0, 0.1) is 12.8 Å². The maximum absolute atomic E-state index is 13.2. The van der Waals surface area contributed by atoms with Crippen LogP contribution < -0.4 is 4.74 Å². The van der Waals surface area contributed by atoms with Crippen molar-refractivity contribution >= 4 is 11.8 Å². The van der Waals surface area contributed by atoms with Gasteiger partial charge < -0.3 is 14.5 Å². The Morgan fingerprint density at radius 1 is 1.04 bits per heavy atom. The number of carbonyl (C=O) groups excluding carboxylic acids is 2. The van der Waals surface area contributed by atoms with Crippen molar-refractivity contribution in [3.8, 4) is 5.75 Å². The number of carbonyl (C=O) groups is 2. The third-order valence-corrected chi connectivity index (χ3v) is 5.98. The molecule has 1 saturated heterocycles. The molecule has 0 bridgehead atoms. The van der Waals surface area contributed by atoms with Crippen LogP contribution in [0.15, 0.2) is 12.1 Å². The quantitative estimate of drug-likeness (QED) is 0.811. The number of ether oxygens (including phenoxy) is 1. The SMILES string of the molecule is COc1cc(C)c(C(=O)N2CCCN(C(=O)C3CCC3)CC2)cc1C(C)C. The molecular formula is C22H32N2O3. The van der Waals surface area contributed by atoms with Crippen LogP contribution in [0.3, 0.4) is 0 Å². The van der Waals surface area contributed by atoms with E-state index >= 15 is 0 Å². The summed E-state index contributed by atoms with van der Waals surface area (Å²) in [5, 5.41) is 0. The Kier molecular flexibility index (Phi) is 6.08. The Balaban J connectivity index is 1.74. The third kappa shape index (κ3) is 4.12. The smallest absolute Gasteiger partial charge is 0.254 e. The highest BCUT2D eigenvalue weighted by Gasteiger charge is 2.31. The predicted molar refractivity (Wildman–Crippen MR) is 106 cm³/mol. The summed E-state index contributed by atoms with van der Waals surface area (Å²) < 4.78 is 5.50. The molecule has 1 saturated carbocycles. The zero-order valence-corrected chi connectivity index (χ0v) is 17.1. The lowest BCUT2D eigenvalue weighted by molar-refractivity contribution is -0.138. The van der Waals surface area contributed by atoms with E-state index < -0.39 is 0 Å². The molecule has 2 aliphatic rings. The molecule has 5 heteroatoms. The van der Waals surface area contributed by atoms with Crippen LogP contribution in [-0.4, -0.2) is 54.9 Å². The van der Waals surface area contributed by atoms with Crippen molar-refractivity contribution in [2.24, 2.45) is 5.92 Å². The molecule has 1 aliphatic carbocycles. The van der Waals surface area contributed by atoms with Gasteiger partial charge in [0.05, 0.1) is 7.11 Å². The maximum atomic E-state index is 13.2. The molecule has 0 spiro atoms. The lowest BCUT2D eigenvalue weighted by Gasteiger charge is -2.31. The summed E-state index contributed by atoms with van der Waals surface area (Å²) in [6.07, 6.45) is 4.07. The van der Waals surface area contributed by atoms with Gasteiger partial charge in [-0.2, -0.15) is 0 Å². The average Bonchev–Trinajstić information content (AvgIpc) is 2.85. The van der Waals surface area contributed by atoms with E-state index in [1.165, 1.54) is 6.42 Å². The minimum Gasteiger partial charge on any atom is -0.496 e. The summed E-state index contributed by atoms with van der Waals surface area (Å²) in [6.45, 7) is 8.90. The number of methoxy groups -OCH3 is 1. The van der Waals surface area contributed by atoms with Crippen molar-refractivity contribution in [1.82, 2.24) is 9.80 Å². The summed E-state index contributed by atoms with van der Waals surface area (Å²) in [6, 6.07) is 3.95. The van der Waals surface area contributed by atoms with E-state index in [-0.39, 0.29) is 17.7 Å². The normalized spacial score (nSPS) is 18.3. The fourth-order valence-electron chi connectivity index (χ4n) is 3.98. The first-order valence-corrected chi connectivity index (χ1v) is 10.2. The molecule has 1 aromatic carbocycles. The van der Waals surface area contributed by atoms with Crippen LogP contribution in [0.25, 0.3) is 0 Å². The highest BCUT2D eigenvalue weighted by atomic mass is 16.5. The van der Waals surface area contributed by atoms with Gasteiger partial charge in [-0.25, -0.2) is 0 Å². The second-order valence-corrected chi connectivity index (χ2v) is 8.16. The first kappa shape index (κ1) is 19.7. The number of aryl methyl sites for hydroxylation is 1. The van der Waals surface area contributed by atoms with Crippen LogP contribution in [-0.2, 0) is 4.79 Å². The van der Waals surface area contributed by atoms with Crippen molar-refractivity contribution in [2.75, 3.05) is 33.3 Å². The molecule has 1 aliphatic heterocycles. The predicted octanol–water partition coefficient (Wildman–Crippen LogP) is 3.60. The fraction of sp³-hybridized carbons (Fsp3) is 0.636. The van der Waals surface area contributed by atoms with Crippen LogP contribution in [0.4, 0.5) is 0 Å². The van der Waals surface area contributed by atoms with Crippen LogP contribution in [0.1, 0.15) is 66.9 Å². The zero-order valence-electron chi connectivity index (χ0n) is 17.1. The first-order valence-electron chi connectivity index (χ1n) is 10.2. The van der Waals surface area contributed by atoms with Crippen molar-refractivity contribution in [1.29, 1.82) is 0 Å². The number of hydrogen-bond donors (Lipinski definition) is 0. The molecule has 148 valence electrons. The minimum atomic E-state index is 0.0648. The van der Waals surface area contributed by atoms with Gasteiger partial charge >= 0.3 is 0 Å². The van der Waals surface area contributed by atoms with Gasteiger partial charge in [0.1, 0.15) is 5.75 Å². The number of benzene rings is 1. The molecule has 27 heavy (non-hydrogen) atoms. The summed E-state index contributed by atoms with van der Waals surface area (Å²) in [7, 11) is 1.67. The van der Waals surface area contributed by atoms with Gasteiger partial charge in [-0.1, -0.05) is 20.3 Å². The van der Waals surface area contributed by atoms with Crippen LogP contribution in [0.5, 0.6) is 5.75 Å². The van der Waals surface area contributed by atoms with E-state index in [1.54, 1.807) is 7.11 Å². The first-order chi connectivity index (χ1) is 12.9. The van der Waals surface area contributed by atoms with E-state index in [2.05, 4.69) is 13.8 Å². The fourth-order valence-corrected chi connectivity index (χ4v) is 3.98. The van der Waals surface area contributed by atoms with Crippen molar-refractivity contribution in [3.63, 3.8) is 0 Å². The van der Waals surface area contributed by atoms with Crippen molar-refractivity contribution in [3.05, 3.63) is 28.8 Å². The summed E-state index contributed by atoms with van der Waals surface area (Å²) in [5.74, 6) is 1.71. The molecule has 0 unspecified atom stereocenters. The summed E-state index contributed by atoms with van der Waals surface area (Å²) in [4.78, 5) is 29.6. The van der Waals surface area contributed by atoms with Gasteiger partial charge in [-0.3, -0.25) is 9.59 Å². The standard InChI is InChI=1S/C22H32N2O3/c1-15(2)18-14-19(16(3)13-20(18)27-4)22(26)24-10-6-9-23(11-12-24)21(25)17-7-5-8-17/h13-15,17H,5-12H2,1-4H3. The van der Waals surface area contributed by atoms with E-state index in [1.807, 2.05) is 28.9 Å². The topological polar surface area (TPSA) is 49.9 Å². The van der Waals surface area contributed by atoms with Crippen LogP contribution >= 0.6 is 0 Å². The van der Waals surface area contributed by atoms with Gasteiger partial charge in [0.2, 0.25) is 5.91 Å².